The van der Waals surface area contributed by atoms with E-state index in [9.17, 15) is 9.59 Å². The van der Waals surface area contributed by atoms with Crippen molar-refractivity contribution in [2.45, 2.75) is 39.2 Å². The van der Waals surface area contributed by atoms with Crippen LogP contribution in [0.4, 0.5) is 5.69 Å². The number of nitrogens with two attached hydrogens (primary N) is 1. The van der Waals surface area contributed by atoms with E-state index in [1.165, 1.54) is 7.11 Å². The first-order valence-electron chi connectivity index (χ1n) is 6.50. The maximum Gasteiger partial charge on any atom is 0.337 e. The Morgan fingerprint density at radius 3 is 2.55 bits per heavy atom. The Labute approximate surface area is 119 Å². The van der Waals surface area contributed by atoms with Crippen molar-refractivity contribution in [3.8, 4) is 0 Å². The minimum absolute atomic E-state index is 0.117. The SMILES string of the molecule is COC(=O)c1ccc(C)c(NC(=O)CCC(C)(C)N)c1. The Morgan fingerprint density at radius 1 is 1.35 bits per heavy atom. The summed E-state index contributed by atoms with van der Waals surface area (Å²) in [6, 6.07) is 5.06. The summed E-state index contributed by atoms with van der Waals surface area (Å²) in [5.74, 6) is -0.544. The molecule has 5 nitrogen and oxygen atoms in total. The Hall–Kier alpha value is -1.88. The number of hydrogen-bond acceptors (Lipinski definition) is 4. The molecule has 0 aromatic heterocycles. The quantitative estimate of drug-likeness (QED) is 0.809. The van der Waals surface area contributed by atoms with Gasteiger partial charge in [-0.25, -0.2) is 4.79 Å². The minimum atomic E-state index is -0.427. The van der Waals surface area contributed by atoms with Gasteiger partial charge in [0.15, 0.2) is 0 Å². The van der Waals surface area contributed by atoms with Crippen LogP contribution in [0, 0.1) is 6.92 Å². The van der Waals surface area contributed by atoms with E-state index in [0.29, 0.717) is 24.1 Å². The van der Waals surface area contributed by atoms with Gasteiger partial charge in [-0.1, -0.05) is 6.07 Å². The van der Waals surface area contributed by atoms with Gasteiger partial charge in [0.05, 0.1) is 12.7 Å². The van der Waals surface area contributed by atoms with Crippen molar-refractivity contribution in [2.24, 2.45) is 5.73 Å². The van der Waals surface area contributed by atoms with Crippen molar-refractivity contribution in [2.75, 3.05) is 12.4 Å². The predicted molar refractivity (Wildman–Crippen MR) is 78.6 cm³/mol. The van der Waals surface area contributed by atoms with Gasteiger partial charge in [0.25, 0.3) is 0 Å². The lowest BCUT2D eigenvalue weighted by Gasteiger charge is -2.18. The van der Waals surface area contributed by atoms with E-state index < -0.39 is 5.97 Å². The fourth-order valence-corrected chi connectivity index (χ4v) is 1.65. The number of hydrogen-bond donors (Lipinski definition) is 2. The Morgan fingerprint density at radius 2 is 2.00 bits per heavy atom. The molecule has 1 amide bonds. The van der Waals surface area contributed by atoms with E-state index in [1.54, 1.807) is 18.2 Å². The number of anilines is 1. The third-order valence-electron chi connectivity index (χ3n) is 2.93. The zero-order valence-corrected chi connectivity index (χ0v) is 12.4. The average molecular weight is 278 g/mol. The Balaban J connectivity index is 2.76. The van der Waals surface area contributed by atoms with Crippen molar-refractivity contribution in [3.05, 3.63) is 29.3 Å². The lowest BCUT2D eigenvalue weighted by Crippen LogP contribution is -2.33. The summed E-state index contributed by atoms with van der Waals surface area (Å²) >= 11 is 0. The van der Waals surface area contributed by atoms with Gasteiger partial charge >= 0.3 is 5.97 Å². The number of rotatable bonds is 5. The third-order valence-corrected chi connectivity index (χ3v) is 2.93. The molecule has 0 spiro atoms. The number of carbonyl (C=O) groups is 2. The summed E-state index contributed by atoms with van der Waals surface area (Å²) in [7, 11) is 1.32. The summed E-state index contributed by atoms with van der Waals surface area (Å²) < 4.78 is 4.66. The van der Waals surface area contributed by atoms with E-state index >= 15 is 0 Å². The number of nitrogens with one attached hydrogen (secondary N) is 1. The zero-order chi connectivity index (χ0) is 15.3. The van der Waals surface area contributed by atoms with Gasteiger partial charge in [-0.05, 0) is 44.9 Å². The van der Waals surface area contributed by atoms with Gasteiger partial charge in [-0.3, -0.25) is 4.79 Å². The van der Waals surface area contributed by atoms with Crippen LogP contribution in [0.1, 0.15) is 42.6 Å². The van der Waals surface area contributed by atoms with Crippen LogP contribution in [-0.2, 0) is 9.53 Å². The molecule has 0 fully saturated rings. The molecule has 0 saturated heterocycles. The molecule has 0 saturated carbocycles. The number of methoxy groups -OCH3 is 1. The summed E-state index contributed by atoms with van der Waals surface area (Å²) in [5, 5.41) is 2.80. The summed E-state index contributed by atoms with van der Waals surface area (Å²) in [6.45, 7) is 5.62. The Bertz CT molecular complexity index is 504. The van der Waals surface area contributed by atoms with Crippen LogP contribution < -0.4 is 11.1 Å². The summed E-state index contributed by atoms with van der Waals surface area (Å²) in [4.78, 5) is 23.3. The van der Waals surface area contributed by atoms with Crippen LogP contribution in [0.15, 0.2) is 18.2 Å². The number of benzene rings is 1. The fourth-order valence-electron chi connectivity index (χ4n) is 1.65. The highest BCUT2D eigenvalue weighted by molar-refractivity contribution is 5.95. The smallest absolute Gasteiger partial charge is 0.337 e. The molecule has 1 aromatic rings. The van der Waals surface area contributed by atoms with Crippen molar-refractivity contribution in [1.29, 1.82) is 0 Å². The number of ether oxygens (including phenoxy) is 1. The lowest BCUT2D eigenvalue weighted by molar-refractivity contribution is -0.116. The van der Waals surface area contributed by atoms with Crippen LogP contribution in [0.5, 0.6) is 0 Å². The largest absolute Gasteiger partial charge is 0.465 e. The normalized spacial score (nSPS) is 11.1. The average Bonchev–Trinajstić information content (AvgIpc) is 2.37. The van der Waals surface area contributed by atoms with E-state index in [4.69, 9.17) is 5.73 Å². The van der Waals surface area contributed by atoms with E-state index in [-0.39, 0.29) is 11.4 Å². The molecule has 3 N–H and O–H groups in total. The lowest BCUT2D eigenvalue weighted by atomic mass is 10.00. The molecular formula is C15H22N2O3. The van der Waals surface area contributed by atoms with Gasteiger partial charge in [-0.15, -0.1) is 0 Å². The maximum absolute atomic E-state index is 11.9. The second-order valence-electron chi connectivity index (χ2n) is 5.56. The number of esters is 1. The van der Waals surface area contributed by atoms with Gasteiger partial charge in [0, 0.05) is 17.6 Å². The highest BCUT2D eigenvalue weighted by Crippen LogP contribution is 2.18. The molecule has 1 rings (SSSR count). The molecule has 0 atom stereocenters. The van der Waals surface area contributed by atoms with Gasteiger partial charge in [0.2, 0.25) is 5.91 Å². The minimum Gasteiger partial charge on any atom is -0.465 e. The summed E-state index contributed by atoms with van der Waals surface area (Å²) in [6.07, 6.45) is 0.931. The Kier molecular flexibility index (Phi) is 5.27. The molecule has 0 bridgehead atoms. The fraction of sp³-hybridized carbons (Fsp3) is 0.467. The molecule has 0 aliphatic heterocycles. The third kappa shape index (κ3) is 5.01. The second kappa shape index (κ2) is 6.52. The van der Waals surface area contributed by atoms with Crippen LogP contribution in [-0.4, -0.2) is 24.5 Å². The molecule has 1 aromatic carbocycles. The first-order chi connectivity index (χ1) is 9.23. The number of amides is 1. The van der Waals surface area contributed by atoms with Crippen LogP contribution in [0.25, 0.3) is 0 Å². The number of aryl methyl sites for hydroxylation is 1. The molecule has 110 valence electrons. The first kappa shape index (κ1) is 16.2. The molecule has 0 radical (unpaired) electrons. The number of carbonyl (C=O) groups excluding carboxylic acids is 2. The molecule has 0 aliphatic carbocycles. The predicted octanol–water partition coefficient (Wildman–Crippen LogP) is 2.24. The first-order valence-corrected chi connectivity index (χ1v) is 6.50. The highest BCUT2D eigenvalue weighted by Gasteiger charge is 2.14. The topological polar surface area (TPSA) is 81.4 Å². The van der Waals surface area contributed by atoms with Crippen molar-refractivity contribution < 1.29 is 14.3 Å². The second-order valence-corrected chi connectivity index (χ2v) is 5.56. The van der Waals surface area contributed by atoms with Crippen LogP contribution in [0.3, 0.4) is 0 Å². The molecular weight excluding hydrogens is 256 g/mol. The van der Waals surface area contributed by atoms with Gasteiger partial charge < -0.3 is 15.8 Å². The molecule has 0 heterocycles. The molecule has 5 heteroatoms. The van der Waals surface area contributed by atoms with Crippen LogP contribution in [0.2, 0.25) is 0 Å². The highest BCUT2D eigenvalue weighted by atomic mass is 16.5. The van der Waals surface area contributed by atoms with Crippen molar-refractivity contribution in [3.63, 3.8) is 0 Å². The maximum atomic E-state index is 11.9. The van der Waals surface area contributed by atoms with Crippen molar-refractivity contribution in [1.82, 2.24) is 0 Å². The molecule has 20 heavy (non-hydrogen) atoms. The summed E-state index contributed by atoms with van der Waals surface area (Å²) in [5.41, 5.74) is 7.39. The van der Waals surface area contributed by atoms with Gasteiger partial charge in [-0.2, -0.15) is 0 Å². The zero-order valence-electron chi connectivity index (χ0n) is 12.4. The van der Waals surface area contributed by atoms with E-state index in [2.05, 4.69) is 10.1 Å². The van der Waals surface area contributed by atoms with E-state index in [0.717, 1.165) is 5.56 Å². The molecule has 0 unspecified atom stereocenters. The van der Waals surface area contributed by atoms with Crippen molar-refractivity contribution >= 4 is 17.6 Å². The standard InChI is InChI=1S/C15H22N2O3/c1-10-5-6-11(14(19)20-4)9-12(10)17-13(18)7-8-15(2,3)16/h5-6,9H,7-8,16H2,1-4H3,(H,17,18). The monoisotopic (exact) mass is 278 g/mol. The molecule has 0 aliphatic rings. The van der Waals surface area contributed by atoms with Gasteiger partial charge in [0.1, 0.15) is 0 Å². The van der Waals surface area contributed by atoms with Crippen LogP contribution >= 0.6 is 0 Å². The van der Waals surface area contributed by atoms with E-state index in [1.807, 2.05) is 20.8 Å².